The average Bonchev–Trinajstić information content (AvgIpc) is 2.47. The summed E-state index contributed by atoms with van der Waals surface area (Å²) in [5.41, 5.74) is 1.50. The van der Waals surface area contributed by atoms with Crippen molar-refractivity contribution in [1.82, 2.24) is 4.90 Å². The van der Waals surface area contributed by atoms with Crippen molar-refractivity contribution < 1.29 is 9.47 Å². The number of nitrogens with zero attached hydrogens (tertiary/aromatic N) is 1. The van der Waals surface area contributed by atoms with Crippen LogP contribution in [0.4, 0.5) is 0 Å². The van der Waals surface area contributed by atoms with Gasteiger partial charge in [0.15, 0.2) is 0 Å². The molecule has 24 heavy (non-hydrogen) atoms. The van der Waals surface area contributed by atoms with Gasteiger partial charge in [0.25, 0.3) is 0 Å². The van der Waals surface area contributed by atoms with Gasteiger partial charge in [0.1, 0.15) is 12.4 Å². The highest BCUT2D eigenvalue weighted by Gasteiger charge is 2.24. The van der Waals surface area contributed by atoms with Crippen molar-refractivity contribution in [3.8, 4) is 5.75 Å². The maximum absolute atomic E-state index is 6.08. The van der Waals surface area contributed by atoms with Gasteiger partial charge in [-0.05, 0) is 56.7 Å². The van der Waals surface area contributed by atoms with Gasteiger partial charge in [0.05, 0.1) is 11.7 Å². The van der Waals surface area contributed by atoms with Crippen molar-refractivity contribution in [2.45, 2.75) is 71.5 Å². The quantitative estimate of drug-likeness (QED) is 0.783. The maximum Gasteiger partial charge on any atom is 0.119 e. The SMILES string of the molecule is CC(C)(C)OC1CCN(CCOc2ccc(C(C)(C)C)cc2)CC1. The molecule has 1 aliphatic heterocycles. The standard InChI is InChI=1S/C21H35NO2/c1-20(2,3)17-7-9-18(10-8-17)23-16-15-22-13-11-19(12-14-22)24-21(4,5)6/h7-10,19H,11-16H2,1-6H3. The van der Waals surface area contributed by atoms with Crippen molar-refractivity contribution in [1.29, 1.82) is 0 Å². The molecule has 0 atom stereocenters. The maximum atomic E-state index is 6.08. The molecule has 0 radical (unpaired) electrons. The summed E-state index contributed by atoms with van der Waals surface area (Å²) >= 11 is 0. The Morgan fingerprint density at radius 1 is 0.958 bits per heavy atom. The van der Waals surface area contributed by atoms with Crippen LogP contribution in [0, 0.1) is 0 Å². The first-order chi connectivity index (χ1) is 11.1. The Balaban J connectivity index is 1.68. The summed E-state index contributed by atoms with van der Waals surface area (Å²) < 4.78 is 12.0. The van der Waals surface area contributed by atoms with Crippen molar-refractivity contribution in [2.75, 3.05) is 26.2 Å². The van der Waals surface area contributed by atoms with Gasteiger partial charge >= 0.3 is 0 Å². The van der Waals surface area contributed by atoms with Gasteiger partial charge < -0.3 is 9.47 Å². The highest BCUT2D eigenvalue weighted by molar-refractivity contribution is 5.31. The smallest absolute Gasteiger partial charge is 0.119 e. The molecule has 0 aliphatic carbocycles. The van der Waals surface area contributed by atoms with Crippen molar-refractivity contribution in [3.05, 3.63) is 29.8 Å². The predicted octanol–water partition coefficient (Wildman–Crippen LogP) is 4.64. The third-order valence-electron chi connectivity index (χ3n) is 4.45. The zero-order valence-corrected chi connectivity index (χ0v) is 16.4. The molecule has 0 saturated carbocycles. The molecular formula is C21H35NO2. The minimum absolute atomic E-state index is 0.0326. The molecule has 1 heterocycles. The van der Waals surface area contributed by atoms with E-state index in [9.17, 15) is 0 Å². The molecule has 1 aromatic rings. The first-order valence-corrected chi connectivity index (χ1v) is 9.27. The molecule has 136 valence electrons. The topological polar surface area (TPSA) is 21.7 Å². The van der Waals surface area contributed by atoms with Crippen LogP contribution in [-0.2, 0) is 10.2 Å². The Kier molecular flexibility index (Phi) is 6.33. The van der Waals surface area contributed by atoms with Crippen LogP contribution >= 0.6 is 0 Å². The second kappa shape index (κ2) is 7.88. The largest absolute Gasteiger partial charge is 0.492 e. The van der Waals surface area contributed by atoms with E-state index in [0.29, 0.717) is 6.10 Å². The number of benzene rings is 1. The molecule has 1 fully saturated rings. The van der Waals surface area contributed by atoms with E-state index in [1.54, 1.807) is 0 Å². The van der Waals surface area contributed by atoms with Gasteiger partial charge in [-0.25, -0.2) is 0 Å². The molecule has 1 saturated heterocycles. The Bertz CT molecular complexity index is 488. The van der Waals surface area contributed by atoms with Gasteiger partial charge in [-0.2, -0.15) is 0 Å². The average molecular weight is 334 g/mol. The minimum atomic E-state index is -0.0326. The Hall–Kier alpha value is -1.06. The van der Waals surface area contributed by atoms with Crippen LogP contribution in [-0.4, -0.2) is 42.8 Å². The summed E-state index contributed by atoms with van der Waals surface area (Å²) in [6.45, 7) is 17.1. The van der Waals surface area contributed by atoms with E-state index in [1.807, 2.05) is 0 Å². The van der Waals surface area contributed by atoms with E-state index in [-0.39, 0.29) is 11.0 Å². The van der Waals surface area contributed by atoms with E-state index in [2.05, 4.69) is 70.7 Å². The van der Waals surface area contributed by atoms with Gasteiger partial charge in [-0.1, -0.05) is 32.9 Å². The van der Waals surface area contributed by atoms with Crippen LogP contribution in [0.5, 0.6) is 5.75 Å². The number of likely N-dealkylation sites (tertiary alicyclic amines) is 1. The number of hydrogen-bond acceptors (Lipinski definition) is 3. The lowest BCUT2D eigenvalue weighted by Crippen LogP contribution is -2.41. The molecule has 3 nitrogen and oxygen atoms in total. The number of hydrogen-bond donors (Lipinski definition) is 0. The first-order valence-electron chi connectivity index (χ1n) is 9.27. The minimum Gasteiger partial charge on any atom is -0.492 e. The molecule has 0 N–H and O–H groups in total. The van der Waals surface area contributed by atoms with Crippen LogP contribution in [0.2, 0.25) is 0 Å². The van der Waals surface area contributed by atoms with Crippen LogP contribution in [0.15, 0.2) is 24.3 Å². The highest BCUT2D eigenvalue weighted by atomic mass is 16.5. The summed E-state index contributed by atoms with van der Waals surface area (Å²) in [4.78, 5) is 2.48. The molecule has 0 aromatic heterocycles. The summed E-state index contributed by atoms with van der Waals surface area (Å²) in [6.07, 6.45) is 2.65. The molecule has 2 rings (SSSR count). The Morgan fingerprint density at radius 2 is 1.54 bits per heavy atom. The van der Waals surface area contributed by atoms with E-state index < -0.39 is 0 Å². The van der Waals surface area contributed by atoms with Crippen molar-refractivity contribution in [2.24, 2.45) is 0 Å². The first kappa shape index (κ1) is 19.3. The predicted molar refractivity (Wildman–Crippen MR) is 101 cm³/mol. The molecular weight excluding hydrogens is 298 g/mol. The van der Waals surface area contributed by atoms with E-state index in [1.165, 1.54) is 5.56 Å². The van der Waals surface area contributed by atoms with Gasteiger partial charge in [-0.15, -0.1) is 0 Å². The third-order valence-corrected chi connectivity index (χ3v) is 4.45. The van der Waals surface area contributed by atoms with Crippen LogP contribution < -0.4 is 4.74 Å². The number of ether oxygens (including phenoxy) is 2. The molecule has 0 spiro atoms. The molecule has 3 heteroatoms. The second-order valence-electron chi connectivity index (χ2n) is 8.89. The van der Waals surface area contributed by atoms with E-state index in [4.69, 9.17) is 9.47 Å². The zero-order chi connectivity index (χ0) is 17.8. The summed E-state index contributed by atoms with van der Waals surface area (Å²) in [6, 6.07) is 8.52. The number of piperidine rings is 1. The monoisotopic (exact) mass is 333 g/mol. The van der Waals surface area contributed by atoms with Gasteiger partial charge in [0.2, 0.25) is 0 Å². The Morgan fingerprint density at radius 3 is 2.04 bits per heavy atom. The fourth-order valence-electron chi connectivity index (χ4n) is 3.09. The van der Waals surface area contributed by atoms with Crippen molar-refractivity contribution >= 4 is 0 Å². The molecule has 1 aromatic carbocycles. The molecule has 0 unspecified atom stereocenters. The third kappa shape index (κ3) is 6.45. The zero-order valence-electron chi connectivity index (χ0n) is 16.4. The fraction of sp³-hybridized carbons (Fsp3) is 0.714. The van der Waals surface area contributed by atoms with E-state index >= 15 is 0 Å². The van der Waals surface area contributed by atoms with Crippen molar-refractivity contribution in [3.63, 3.8) is 0 Å². The summed E-state index contributed by atoms with van der Waals surface area (Å²) in [7, 11) is 0. The molecule has 0 bridgehead atoms. The lowest BCUT2D eigenvalue weighted by atomic mass is 9.87. The Labute approximate surface area is 148 Å². The fourth-order valence-corrected chi connectivity index (χ4v) is 3.09. The lowest BCUT2D eigenvalue weighted by molar-refractivity contribution is -0.0825. The van der Waals surface area contributed by atoms with Crippen LogP contribution in [0.3, 0.4) is 0 Å². The van der Waals surface area contributed by atoms with Crippen LogP contribution in [0.1, 0.15) is 59.9 Å². The summed E-state index contributed by atoms with van der Waals surface area (Å²) in [5, 5.41) is 0. The summed E-state index contributed by atoms with van der Waals surface area (Å²) in [5.74, 6) is 0.967. The van der Waals surface area contributed by atoms with Gasteiger partial charge in [-0.3, -0.25) is 4.90 Å². The van der Waals surface area contributed by atoms with Gasteiger partial charge in [0, 0.05) is 19.6 Å². The molecule has 1 aliphatic rings. The highest BCUT2D eigenvalue weighted by Crippen LogP contribution is 2.24. The molecule has 0 amide bonds. The van der Waals surface area contributed by atoms with Crippen LogP contribution in [0.25, 0.3) is 0 Å². The second-order valence-corrected chi connectivity index (χ2v) is 8.89. The lowest BCUT2D eigenvalue weighted by Gasteiger charge is -2.35. The number of rotatable bonds is 5. The van der Waals surface area contributed by atoms with E-state index in [0.717, 1.165) is 44.8 Å². The normalized spacial score (nSPS) is 17.9.